The molecule has 0 aliphatic carbocycles. The Morgan fingerprint density at radius 1 is 1.38 bits per heavy atom. The van der Waals surface area contributed by atoms with Gasteiger partial charge in [-0.3, -0.25) is 14.5 Å². The second-order valence-corrected chi connectivity index (χ2v) is 5.31. The van der Waals surface area contributed by atoms with Crippen molar-refractivity contribution in [1.29, 1.82) is 0 Å². The molecule has 21 heavy (non-hydrogen) atoms. The minimum Gasteiger partial charge on any atom is -0.335 e. The molecule has 1 fully saturated rings. The van der Waals surface area contributed by atoms with Crippen LogP contribution in [0.1, 0.15) is 30.3 Å². The summed E-state index contributed by atoms with van der Waals surface area (Å²) < 4.78 is 0. The van der Waals surface area contributed by atoms with Gasteiger partial charge < -0.3 is 10.6 Å². The van der Waals surface area contributed by atoms with Crippen molar-refractivity contribution >= 4 is 5.91 Å². The summed E-state index contributed by atoms with van der Waals surface area (Å²) in [5.41, 5.74) is 5.80. The quantitative estimate of drug-likeness (QED) is 0.774. The fourth-order valence-electron chi connectivity index (χ4n) is 2.70. The summed E-state index contributed by atoms with van der Waals surface area (Å²) in [5, 5.41) is 6.08. The van der Waals surface area contributed by atoms with Crippen molar-refractivity contribution in [1.82, 2.24) is 20.0 Å². The Morgan fingerprint density at radius 3 is 2.62 bits per heavy atom. The number of nitrogens with one attached hydrogen (secondary N) is 1. The maximum absolute atomic E-state index is 12.3. The van der Waals surface area contributed by atoms with Gasteiger partial charge in [0.15, 0.2) is 0 Å². The number of rotatable bonds is 5. The SMILES string of the molecule is CCCC(CN)N1CCN(C(=O)c2ccc(=O)[nH]n2)CC1. The van der Waals surface area contributed by atoms with Gasteiger partial charge in [0.2, 0.25) is 0 Å². The van der Waals surface area contributed by atoms with E-state index < -0.39 is 0 Å². The van der Waals surface area contributed by atoms with Gasteiger partial charge in [-0.1, -0.05) is 13.3 Å². The molecule has 1 unspecified atom stereocenters. The first-order valence-corrected chi connectivity index (χ1v) is 7.44. The number of amides is 1. The van der Waals surface area contributed by atoms with Crippen LogP contribution in [-0.2, 0) is 0 Å². The number of piperazine rings is 1. The number of nitrogens with two attached hydrogens (primary N) is 1. The predicted octanol–water partition coefficient (Wildman–Crippen LogP) is -0.345. The first-order valence-electron chi connectivity index (χ1n) is 7.44. The molecular weight excluding hydrogens is 270 g/mol. The first kappa shape index (κ1) is 15.7. The summed E-state index contributed by atoms with van der Waals surface area (Å²) in [5.74, 6) is -0.134. The van der Waals surface area contributed by atoms with E-state index in [0.717, 1.165) is 25.9 Å². The van der Waals surface area contributed by atoms with E-state index in [1.165, 1.54) is 12.1 Å². The number of hydrogen-bond donors (Lipinski definition) is 2. The maximum Gasteiger partial charge on any atom is 0.274 e. The van der Waals surface area contributed by atoms with Gasteiger partial charge in [-0.15, -0.1) is 0 Å². The molecule has 1 aromatic heterocycles. The smallest absolute Gasteiger partial charge is 0.274 e. The van der Waals surface area contributed by atoms with Crippen molar-refractivity contribution < 1.29 is 4.79 Å². The van der Waals surface area contributed by atoms with Gasteiger partial charge in [0.05, 0.1) is 0 Å². The Bertz CT molecular complexity index is 502. The highest BCUT2D eigenvalue weighted by Crippen LogP contribution is 2.11. The zero-order valence-corrected chi connectivity index (χ0v) is 12.4. The maximum atomic E-state index is 12.3. The molecule has 0 aromatic carbocycles. The average molecular weight is 293 g/mol. The second kappa shape index (κ2) is 7.33. The zero-order chi connectivity index (χ0) is 15.2. The summed E-state index contributed by atoms with van der Waals surface area (Å²) in [6.07, 6.45) is 2.20. The van der Waals surface area contributed by atoms with Gasteiger partial charge in [-0.25, -0.2) is 5.10 Å². The van der Waals surface area contributed by atoms with Gasteiger partial charge >= 0.3 is 0 Å². The average Bonchev–Trinajstić information content (AvgIpc) is 2.53. The monoisotopic (exact) mass is 293 g/mol. The number of aromatic amines is 1. The molecular formula is C14H23N5O2. The molecule has 1 aliphatic heterocycles. The molecule has 0 bridgehead atoms. The number of carbonyl (C=O) groups is 1. The molecule has 1 aliphatic rings. The Morgan fingerprint density at radius 2 is 2.10 bits per heavy atom. The van der Waals surface area contributed by atoms with E-state index in [4.69, 9.17) is 5.73 Å². The van der Waals surface area contributed by atoms with Crippen LogP contribution in [0.25, 0.3) is 0 Å². The molecule has 0 radical (unpaired) electrons. The summed E-state index contributed by atoms with van der Waals surface area (Å²) in [4.78, 5) is 27.4. The van der Waals surface area contributed by atoms with Gasteiger partial charge in [-0.05, 0) is 12.5 Å². The van der Waals surface area contributed by atoms with Crippen molar-refractivity contribution in [3.63, 3.8) is 0 Å². The number of carbonyl (C=O) groups excluding carboxylic acids is 1. The summed E-state index contributed by atoms with van der Waals surface area (Å²) in [6, 6.07) is 3.19. The van der Waals surface area contributed by atoms with E-state index in [2.05, 4.69) is 22.0 Å². The van der Waals surface area contributed by atoms with Gasteiger partial charge in [0.25, 0.3) is 11.5 Å². The van der Waals surface area contributed by atoms with Gasteiger partial charge in [0, 0.05) is 44.8 Å². The molecule has 2 rings (SSSR count). The highest BCUT2D eigenvalue weighted by atomic mass is 16.2. The third-order valence-electron chi connectivity index (χ3n) is 3.91. The molecule has 0 saturated carbocycles. The fraction of sp³-hybridized carbons (Fsp3) is 0.643. The second-order valence-electron chi connectivity index (χ2n) is 5.31. The predicted molar refractivity (Wildman–Crippen MR) is 80.1 cm³/mol. The van der Waals surface area contributed by atoms with E-state index in [9.17, 15) is 9.59 Å². The van der Waals surface area contributed by atoms with E-state index >= 15 is 0 Å². The Labute approximate surface area is 124 Å². The summed E-state index contributed by atoms with van der Waals surface area (Å²) in [6.45, 7) is 5.81. The van der Waals surface area contributed by atoms with Crippen molar-refractivity contribution in [3.8, 4) is 0 Å². The van der Waals surface area contributed by atoms with Crippen LogP contribution in [0.15, 0.2) is 16.9 Å². The number of aromatic nitrogens is 2. The van der Waals surface area contributed by atoms with Crippen LogP contribution in [-0.4, -0.2) is 64.7 Å². The van der Waals surface area contributed by atoms with Crippen molar-refractivity contribution in [2.75, 3.05) is 32.7 Å². The van der Waals surface area contributed by atoms with E-state index in [1.54, 1.807) is 4.90 Å². The molecule has 1 saturated heterocycles. The third kappa shape index (κ3) is 3.89. The van der Waals surface area contributed by atoms with Crippen LogP contribution in [0.4, 0.5) is 0 Å². The highest BCUT2D eigenvalue weighted by Gasteiger charge is 2.26. The molecule has 7 nitrogen and oxygen atoms in total. The highest BCUT2D eigenvalue weighted by molar-refractivity contribution is 5.92. The molecule has 2 heterocycles. The molecule has 0 spiro atoms. The van der Waals surface area contributed by atoms with Crippen LogP contribution in [0.3, 0.4) is 0 Å². The molecule has 1 aromatic rings. The Balaban J connectivity index is 1.92. The van der Waals surface area contributed by atoms with Gasteiger partial charge in [-0.2, -0.15) is 5.10 Å². The van der Waals surface area contributed by atoms with Crippen molar-refractivity contribution in [2.45, 2.75) is 25.8 Å². The normalized spacial score (nSPS) is 17.7. The standard InChI is InChI=1S/C14H23N5O2/c1-2-3-11(10-15)18-6-8-19(9-7-18)14(21)12-4-5-13(20)17-16-12/h4-5,11H,2-3,6-10,15H2,1H3,(H,17,20). The molecule has 3 N–H and O–H groups in total. The molecule has 7 heteroatoms. The molecule has 1 amide bonds. The van der Waals surface area contributed by atoms with E-state index in [1.807, 2.05) is 0 Å². The van der Waals surface area contributed by atoms with Crippen molar-refractivity contribution in [3.05, 3.63) is 28.2 Å². The van der Waals surface area contributed by atoms with E-state index in [-0.39, 0.29) is 17.2 Å². The fourth-order valence-corrected chi connectivity index (χ4v) is 2.70. The lowest BCUT2D eigenvalue weighted by Gasteiger charge is -2.38. The lowest BCUT2D eigenvalue weighted by Crippen LogP contribution is -2.53. The largest absolute Gasteiger partial charge is 0.335 e. The van der Waals surface area contributed by atoms with Gasteiger partial charge in [0.1, 0.15) is 5.69 Å². The lowest BCUT2D eigenvalue weighted by molar-refractivity contribution is 0.0559. The van der Waals surface area contributed by atoms with Crippen LogP contribution in [0.2, 0.25) is 0 Å². The van der Waals surface area contributed by atoms with Crippen molar-refractivity contribution in [2.24, 2.45) is 5.73 Å². The lowest BCUT2D eigenvalue weighted by atomic mass is 10.1. The Kier molecular flexibility index (Phi) is 5.46. The number of hydrogen-bond acceptors (Lipinski definition) is 5. The molecule has 116 valence electrons. The zero-order valence-electron chi connectivity index (χ0n) is 12.4. The van der Waals surface area contributed by atoms with Crippen LogP contribution < -0.4 is 11.3 Å². The molecule has 1 atom stereocenters. The minimum absolute atomic E-state index is 0.134. The summed E-state index contributed by atoms with van der Waals surface area (Å²) in [7, 11) is 0. The minimum atomic E-state index is -0.304. The third-order valence-corrected chi connectivity index (χ3v) is 3.91. The number of H-pyrrole nitrogens is 1. The van der Waals surface area contributed by atoms with E-state index in [0.29, 0.717) is 25.7 Å². The van der Waals surface area contributed by atoms with Crippen LogP contribution in [0.5, 0.6) is 0 Å². The topological polar surface area (TPSA) is 95.3 Å². The number of nitrogens with zero attached hydrogens (tertiary/aromatic N) is 3. The summed E-state index contributed by atoms with van der Waals surface area (Å²) >= 11 is 0. The van der Waals surface area contributed by atoms with Crippen LogP contribution >= 0.6 is 0 Å². The van der Waals surface area contributed by atoms with Crippen LogP contribution in [0, 0.1) is 0 Å². The first-order chi connectivity index (χ1) is 10.2. The Hall–Kier alpha value is -1.73.